The van der Waals surface area contributed by atoms with Gasteiger partial charge in [-0.1, -0.05) is 311 Å². The van der Waals surface area contributed by atoms with Gasteiger partial charge in [-0.05, 0) is 45.4 Å². The maximum Gasteiger partial charge on any atom is 0.313 e. The molecule has 97 heavy (non-hydrogen) atoms. The van der Waals surface area contributed by atoms with Crippen LogP contribution in [-0.2, 0) is 47.7 Å². The minimum atomic E-state index is -2.16. The summed E-state index contributed by atoms with van der Waals surface area (Å²) in [4.78, 5) is 68.7. The van der Waals surface area contributed by atoms with Crippen LogP contribution in [-0.4, -0.2) is 135 Å². The van der Waals surface area contributed by atoms with E-state index in [4.69, 9.17) is 23.7 Å². The first-order valence-electron chi connectivity index (χ1n) is 40.2. The Morgan fingerprint density at radius 1 is 0.433 bits per heavy atom. The van der Waals surface area contributed by atoms with Crippen LogP contribution in [0.4, 0.5) is 0 Å². The molecule has 0 saturated carbocycles. The second-order valence-electron chi connectivity index (χ2n) is 28.6. The summed E-state index contributed by atoms with van der Waals surface area (Å²) in [5.41, 5.74) is -0.550. The first-order chi connectivity index (χ1) is 47.0. The summed E-state index contributed by atoms with van der Waals surface area (Å²) in [6, 6.07) is -1.13. The maximum absolute atomic E-state index is 14.3. The van der Waals surface area contributed by atoms with Crippen LogP contribution < -0.4 is 10.6 Å². The molecule has 5 unspecified atom stereocenters. The highest BCUT2D eigenvalue weighted by Gasteiger charge is 2.47. The first-order valence-corrected chi connectivity index (χ1v) is 40.2. The minimum Gasteiger partial charge on any atom is -0.462 e. The average Bonchev–Trinajstić information content (AvgIpc) is 0.801. The molecule has 1 aliphatic rings. The van der Waals surface area contributed by atoms with Gasteiger partial charge in [-0.2, -0.15) is 0 Å². The highest BCUT2D eigenvalue weighted by Crippen LogP contribution is 2.28. The number of hydrogen-bond acceptors (Lipinski definition) is 16. The SMILES string of the molecule is CCCCCCCCCCCC(=O)O[C@H](CCCCCCCCCCC)CC(=O)N/C(=C(\CO)OC(=O)C[C@H](O)CCCCCCCCCCC)[C@@H](O)OCC1OC(C)C(NC(=O)C[C@H](O)CCCCCCCCCCC)C(OC(=O)C[C@H](O)CCCCCCCCCCC)C1O. The molecule has 0 aromatic rings. The van der Waals surface area contributed by atoms with Gasteiger partial charge in [-0.15, -0.1) is 0 Å². The van der Waals surface area contributed by atoms with E-state index < -0.39 is 122 Å². The molecule has 1 heterocycles. The van der Waals surface area contributed by atoms with E-state index in [-0.39, 0.29) is 25.7 Å². The predicted molar refractivity (Wildman–Crippen MR) is 388 cm³/mol. The summed E-state index contributed by atoms with van der Waals surface area (Å²) in [6.07, 6.45) is 37.5. The molecule has 0 radical (unpaired) electrons. The lowest BCUT2D eigenvalue weighted by molar-refractivity contribution is -0.221. The van der Waals surface area contributed by atoms with Crippen molar-refractivity contribution in [3.63, 3.8) is 0 Å². The quantitative estimate of drug-likeness (QED) is 0.00924. The summed E-state index contributed by atoms with van der Waals surface area (Å²) in [5.74, 6) is -4.05. The number of aliphatic hydroxyl groups excluding tert-OH is 6. The molecular weight excluding hydrogens is 1230 g/mol. The highest BCUT2D eigenvalue weighted by molar-refractivity contribution is 5.79. The number of rotatable bonds is 68. The van der Waals surface area contributed by atoms with Crippen LogP contribution in [0, 0.1) is 0 Å². The number of hydrogen-bond donors (Lipinski definition) is 8. The fraction of sp³-hybridized carbons (Fsp3) is 0.911. The van der Waals surface area contributed by atoms with Crippen LogP contribution in [0.15, 0.2) is 11.5 Å². The van der Waals surface area contributed by atoms with Crippen molar-refractivity contribution in [3.05, 3.63) is 11.5 Å². The predicted octanol–water partition coefficient (Wildman–Crippen LogP) is 16.9. The highest BCUT2D eigenvalue weighted by atomic mass is 16.6. The smallest absolute Gasteiger partial charge is 0.313 e. The largest absolute Gasteiger partial charge is 0.462 e. The van der Waals surface area contributed by atoms with Gasteiger partial charge in [-0.3, -0.25) is 24.0 Å². The molecule has 1 aliphatic heterocycles. The Balaban J connectivity index is 3.49. The molecule has 18 nitrogen and oxygen atoms in total. The number of carbonyl (C=O) groups is 5. The van der Waals surface area contributed by atoms with Gasteiger partial charge < -0.3 is 65.0 Å². The van der Waals surface area contributed by atoms with Crippen molar-refractivity contribution in [2.75, 3.05) is 13.2 Å². The molecule has 10 atom stereocenters. The topological polar surface area (TPSA) is 277 Å². The van der Waals surface area contributed by atoms with Gasteiger partial charge in [0.05, 0.1) is 62.7 Å². The van der Waals surface area contributed by atoms with Crippen molar-refractivity contribution in [1.82, 2.24) is 10.6 Å². The van der Waals surface area contributed by atoms with E-state index in [9.17, 15) is 54.6 Å². The lowest BCUT2D eigenvalue weighted by Gasteiger charge is -2.43. The van der Waals surface area contributed by atoms with Gasteiger partial charge in [-0.25, -0.2) is 0 Å². The van der Waals surface area contributed by atoms with E-state index in [0.29, 0.717) is 51.4 Å². The van der Waals surface area contributed by atoms with Crippen LogP contribution in [0.2, 0.25) is 0 Å². The molecule has 570 valence electrons. The van der Waals surface area contributed by atoms with Crippen LogP contribution in [0.25, 0.3) is 0 Å². The molecule has 0 aromatic heterocycles. The van der Waals surface area contributed by atoms with Crippen LogP contribution in [0.1, 0.15) is 388 Å². The Morgan fingerprint density at radius 3 is 1.20 bits per heavy atom. The second-order valence-corrected chi connectivity index (χ2v) is 28.6. The minimum absolute atomic E-state index is 0.198. The van der Waals surface area contributed by atoms with Crippen molar-refractivity contribution in [1.29, 1.82) is 0 Å². The Kier molecular flexibility index (Phi) is 60.2. The van der Waals surface area contributed by atoms with Gasteiger partial charge in [0.2, 0.25) is 11.8 Å². The van der Waals surface area contributed by atoms with Crippen molar-refractivity contribution in [2.45, 2.75) is 449 Å². The van der Waals surface area contributed by atoms with Gasteiger partial charge in [0.25, 0.3) is 0 Å². The number of nitrogens with one attached hydrogen (secondary N) is 2. The molecule has 1 rings (SSSR count). The third kappa shape index (κ3) is 50.7. The van der Waals surface area contributed by atoms with E-state index in [1.165, 1.54) is 148 Å². The van der Waals surface area contributed by atoms with Crippen molar-refractivity contribution < 1.29 is 78.3 Å². The molecule has 2 amide bonds. The monoisotopic (exact) mass is 1380 g/mol. The number of esters is 3. The maximum atomic E-state index is 14.3. The summed E-state index contributed by atoms with van der Waals surface area (Å²) in [5, 5.41) is 73.3. The van der Waals surface area contributed by atoms with Crippen LogP contribution >= 0.6 is 0 Å². The van der Waals surface area contributed by atoms with E-state index in [1.807, 2.05) is 0 Å². The standard InChI is InChI=1S/C79H148N2O16/c1-7-12-17-22-27-32-37-42-47-52-64(83)57-70(86)80-75-63(6)94-69(77(91)78(75)97-74(90)59-66(85)54-49-44-39-34-29-24-19-14-9-3)62-93-79(92)76(68(61-82)96-73(89)58-65(84)53-48-43-38-33-28-23-18-13-8-2)81-71(87)60-67(55-50-45-40-35-30-25-20-15-10-4)95-72(88)56-51-46-41-36-31-26-21-16-11-5/h63-67,69,75,77-79,82-85,91-92H,7-62H2,1-6H3,(H,80,86)(H,81,87)/b76-68+/t63?,64-,65-,66-,67-,69?,75?,77?,78?,79+/m1/s1. The average molecular weight is 1380 g/mol. The van der Waals surface area contributed by atoms with Crippen molar-refractivity contribution >= 4 is 29.7 Å². The fourth-order valence-electron chi connectivity index (χ4n) is 13.0. The van der Waals surface area contributed by atoms with Gasteiger partial charge in [0.1, 0.15) is 30.6 Å². The van der Waals surface area contributed by atoms with E-state index in [0.717, 1.165) is 116 Å². The lowest BCUT2D eigenvalue weighted by Crippen LogP contribution is -2.65. The molecule has 0 bridgehead atoms. The normalized spacial score (nSPS) is 18.2. The Morgan fingerprint density at radius 2 is 0.794 bits per heavy atom. The lowest BCUT2D eigenvalue weighted by atomic mass is 9.92. The molecule has 0 aromatic carbocycles. The van der Waals surface area contributed by atoms with Crippen molar-refractivity contribution in [3.8, 4) is 0 Å². The van der Waals surface area contributed by atoms with Gasteiger partial charge in [0.15, 0.2) is 18.2 Å². The molecular formula is C79H148N2O16. The number of ether oxygens (including phenoxy) is 5. The third-order valence-electron chi connectivity index (χ3n) is 19.2. The van der Waals surface area contributed by atoms with E-state index in [2.05, 4.69) is 45.3 Å². The molecule has 18 heteroatoms. The Hall–Kier alpha value is -3.23. The third-order valence-corrected chi connectivity index (χ3v) is 19.2. The number of aliphatic hydroxyl groups is 6. The summed E-state index contributed by atoms with van der Waals surface area (Å²) in [7, 11) is 0. The summed E-state index contributed by atoms with van der Waals surface area (Å²) in [6.45, 7) is 10.9. The molecule has 8 N–H and O–H groups in total. The second kappa shape index (κ2) is 63.7. The Labute approximate surface area is 590 Å². The zero-order valence-electron chi connectivity index (χ0n) is 62.6. The zero-order chi connectivity index (χ0) is 71.4. The Bertz CT molecular complexity index is 1940. The van der Waals surface area contributed by atoms with Gasteiger partial charge >= 0.3 is 17.9 Å². The van der Waals surface area contributed by atoms with Crippen LogP contribution in [0.3, 0.4) is 0 Å². The summed E-state index contributed by atoms with van der Waals surface area (Å²) >= 11 is 0. The van der Waals surface area contributed by atoms with E-state index >= 15 is 0 Å². The number of unbranched alkanes of at least 4 members (excludes halogenated alkanes) is 40. The molecule has 0 spiro atoms. The number of amides is 2. The molecule has 1 fully saturated rings. The van der Waals surface area contributed by atoms with E-state index in [1.54, 1.807) is 6.92 Å². The van der Waals surface area contributed by atoms with Crippen LogP contribution in [0.5, 0.6) is 0 Å². The number of carbonyl (C=O) groups excluding carboxylic acids is 5. The summed E-state index contributed by atoms with van der Waals surface area (Å²) < 4.78 is 29.8. The fourth-order valence-corrected chi connectivity index (χ4v) is 13.0. The van der Waals surface area contributed by atoms with Gasteiger partial charge in [0, 0.05) is 6.42 Å². The first kappa shape index (κ1) is 91.8. The van der Waals surface area contributed by atoms with Crippen molar-refractivity contribution in [2.24, 2.45) is 0 Å². The molecule has 1 saturated heterocycles. The molecule has 0 aliphatic carbocycles. The zero-order valence-corrected chi connectivity index (χ0v) is 62.6.